The second-order valence-electron chi connectivity index (χ2n) is 4.93. The SMILES string of the molecule is Clc1cccc(CSc2ccccc2C2=NCCCN2)c1. The first-order valence-corrected chi connectivity index (χ1v) is 8.44. The number of rotatable bonds is 4. The Morgan fingerprint density at radius 2 is 2.05 bits per heavy atom. The molecule has 0 spiro atoms. The van der Waals surface area contributed by atoms with Gasteiger partial charge in [-0.25, -0.2) is 0 Å². The van der Waals surface area contributed by atoms with E-state index in [0.717, 1.165) is 36.1 Å². The van der Waals surface area contributed by atoms with Gasteiger partial charge in [0.25, 0.3) is 0 Å². The second-order valence-corrected chi connectivity index (χ2v) is 6.38. The lowest BCUT2D eigenvalue weighted by molar-refractivity contribution is 0.741. The minimum atomic E-state index is 0.791. The van der Waals surface area contributed by atoms with Crippen molar-refractivity contribution in [2.24, 2.45) is 4.99 Å². The Morgan fingerprint density at radius 1 is 1.14 bits per heavy atom. The van der Waals surface area contributed by atoms with E-state index < -0.39 is 0 Å². The van der Waals surface area contributed by atoms with Crippen molar-refractivity contribution in [1.29, 1.82) is 0 Å². The lowest BCUT2D eigenvalue weighted by Crippen LogP contribution is -2.30. The third-order valence-corrected chi connectivity index (χ3v) is 4.70. The fourth-order valence-corrected chi connectivity index (χ4v) is 3.50. The van der Waals surface area contributed by atoms with E-state index in [2.05, 4.69) is 40.6 Å². The number of benzene rings is 2. The summed E-state index contributed by atoms with van der Waals surface area (Å²) in [5.41, 5.74) is 2.44. The fourth-order valence-electron chi connectivity index (χ4n) is 2.29. The van der Waals surface area contributed by atoms with Crippen LogP contribution in [0.25, 0.3) is 0 Å². The molecule has 0 fully saturated rings. The van der Waals surface area contributed by atoms with Gasteiger partial charge in [0.2, 0.25) is 0 Å². The lowest BCUT2D eigenvalue weighted by atomic mass is 10.2. The van der Waals surface area contributed by atoms with Crippen molar-refractivity contribution in [3.8, 4) is 0 Å². The van der Waals surface area contributed by atoms with Crippen LogP contribution in [0.1, 0.15) is 17.5 Å². The van der Waals surface area contributed by atoms with Gasteiger partial charge in [-0.1, -0.05) is 41.9 Å². The minimum Gasteiger partial charge on any atom is -0.370 e. The summed E-state index contributed by atoms with van der Waals surface area (Å²) in [5, 5.41) is 4.19. The molecule has 0 aliphatic carbocycles. The van der Waals surface area contributed by atoms with E-state index in [4.69, 9.17) is 11.6 Å². The Labute approximate surface area is 134 Å². The molecule has 0 atom stereocenters. The van der Waals surface area contributed by atoms with Crippen molar-refractivity contribution in [2.75, 3.05) is 13.1 Å². The number of thioether (sulfide) groups is 1. The van der Waals surface area contributed by atoms with Crippen LogP contribution < -0.4 is 5.32 Å². The zero-order chi connectivity index (χ0) is 14.5. The Morgan fingerprint density at radius 3 is 2.86 bits per heavy atom. The first kappa shape index (κ1) is 14.5. The highest BCUT2D eigenvalue weighted by molar-refractivity contribution is 7.98. The molecule has 0 saturated heterocycles. The van der Waals surface area contributed by atoms with Crippen molar-refractivity contribution in [2.45, 2.75) is 17.1 Å². The quantitative estimate of drug-likeness (QED) is 0.847. The lowest BCUT2D eigenvalue weighted by Gasteiger charge is -2.17. The molecule has 3 rings (SSSR count). The summed E-state index contributed by atoms with van der Waals surface area (Å²) in [5.74, 6) is 1.93. The Balaban J connectivity index is 1.78. The first-order valence-electron chi connectivity index (χ1n) is 7.08. The Kier molecular flexibility index (Phi) is 4.84. The zero-order valence-corrected chi connectivity index (χ0v) is 13.3. The van der Waals surface area contributed by atoms with Gasteiger partial charge >= 0.3 is 0 Å². The van der Waals surface area contributed by atoms with Crippen LogP contribution in [0.5, 0.6) is 0 Å². The highest BCUT2D eigenvalue weighted by Gasteiger charge is 2.11. The van der Waals surface area contributed by atoms with Gasteiger partial charge in [-0.05, 0) is 30.2 Å². The van der Waals surface area contributed by atoms with Gasteiger partial charge < -0.3 is 5.32 Å². The van der Waals surface area contributed by atoms with Gasteiger partial charge in [0.15, 0.2) is 0 Å². The summed E-state index contributed by atoms with van der Waals surface area (Å²) in [4.78, 5) is 5.86. The average Bonchev–Trinajstić information content (AvgIpc) is 2.54. The molecule has 0 radical (unpaired) electrons. The summed E-state index contributed by atoms with van der Waals surface area (Å²) in [6.07, 6.45) is 1.11. The summed E-state index contributed by atoms with van der Waals surface area (Å²) in [6.45, 7) is 1.92. The number of amidine groups is 1. The van der Waals surface area contributed by atoms with E-state index in [-0.39, 0.29) is 0 Å². The average molecular weight is 317 g/mol. The van der Waals surface area contributed by atoms with Gasteiger partial charge in [-0.3, -0.25) is 4.99 Å². The highest BCUT2D eigenvalue weighted by atomic mass is 35.5. The van der Waals surface area contributed by atoms with Crippen LogP contribution in [0.2, 0.25) is 5.02 Å². The van der Waals surface area contributed by atoms with E-state index in [1.165, 1.54) is 16.0 Å². The van der Waals surface area contributed by atoms with Crippen LogP contribution in [0, 0.1) is 0 Å². The van der Waals surface area contributed by atoms with E-state index in [9.17, 15) is 0 Å². The minimum absolute atomic E-state index is 0.791. The molecular weight excluding hydrogens is 300 g/mol. The van der Waals surface area contributed by atoms with Crippen LogP contribution in [0.15, 0.2) is 58.4 Å². The molecule has 21 heavy (non-hydrogen) atoms. The van der Waals surface area contributed by atoms with Crippen LogP contribution in [0.3, 0.4) is 0 Å². The topological polar surface area (TPSA) is 24.4 Å². The number of nitrogens with one attached hydrogen (secondary N) is 1. The smallest absolute Gasteiger partial charge is 0.129 e. The summed E-state index contributed by atoms with van der Waals surface area (Å²) in [6, 6.07) is 16.5. The molecule has 2 aromatic rings. The zero-order valence-electron chi connectivity index (χ0n) is 11.7. The van der Waals surface area contributed by atoms with Crippen LogP contribution in [-0.4, -0.2) is 18.9 Å². The maximum Gasteiger partial charge on any atom is 0.129 e. The van der Waals surface area contributed by atoms with Crippen LogP contribution >= 0.6 is 23.4 Å². The molecule has 0 bridgehead atoms. The molecule has 1 N–H and O–H groups in total. The number of hydrogen-bond acceptors (Lipinski definition) is 3. The normalized spacial score (nSPS) is 14.4. The summed E-state index contributed by atoms with van der Waals surface area (Å²) >= 11 is 7.86. The highest BCUT2D eigenvalue weighted by Crippen LogP contribution is 2.27. The molecule has 1 aliphatic rings. The molecule has 1 aliphatic heterocycles. The number of halogens is 1. The van der Waals surface area contributed by atoms with Gasteiger partial charge in [0, 0.05) is 34.3 Å². The Bertz CT molecular complexity index is 655. The third kappa shape index (κ3) is 3.80. The monoisotopic (exact) mass is 316 g/mol. The van der Waals surface area contributed by atoms with E-state index >= 15 is 0 Å². The molecule has 108 valence electrons. The van der Waals surface area contributed by atoms with E-state index in [1.807, 2.05) is 30.0 Å². The third-order valence-electron chi connectivity index (χ3n) is 3.32. The second kappa shape index (κ2) is 7.01. The van der Waals surface area contributed by atoms with E-state index in [0.29, 0.717) is 0 Å². The first-order chi connectivity index (χ1) is 10.3. The molecule has 0 saturated carbocycles. The summed E-state index contributed by atoms with van der Waals surface area (Å²) in [7, 11) is 0. The fraction of sp³-hybridized carbons (Fsp3) is 0.235. The van der Waals surface area contributed by atoms with Crippen molar-refractivity contribution >= 4 is 29.2 Å². The van der Waals surface area contributed by atoms with Crippen molar-refractivity contribution < 1.29 is 0 Å². The van der Waals surface area contributed by atoms with Gasteiger partial charge in [0.05, 0.1) is 0 Å². The molecule has 0 aromatic heterocycles. The maximum absolute atomic E-state index is 6.04. The molecule has 4 heteroatoms. The molecule has 1 heterocycles. The standard InChI is InChI=1S/C17H17ClN2S/c18-14-6-3-5-13(11-14)12-21-16-8-2-1-7-15(16)17-19-9-4-10-20-17/h1-3,5-8,11H,4,9-10,12H2,(H,19,20). The van der Waals surface area contributed by atoms with E-state index in [1.54, 1.807) is 0 Å². The van der Waals surface area contributed by atoms with Gasteiger partial charge in [0.1, 0.15) is 5.84 Å². The predicted molar refractivity (Wildman–Crippen MR) is 91.5 cm³/mol. The van der Waals surface area contributed by atoms with Gasteiger partial charge in [-0.2, -0.15) is 0 Å². The van der Waals surface area contributed by atoms with Crippen LogP contribution in [-0.2, 0) is 5.75 Å². The number of nitrogens with zero attached hydrogens (tertiary/aromatic N) is 1. The molecule has 0 unspecified atom stereocenters. The number of aliphatic imine (C=N–C) groups is 1. The summed E-state index contributed by atoms with van der Waals surface area (Å²) < 4.78 is 0. The number of hydrogen-bond donors (Lipinski definition) is 1. The van der Waals surface area contributed by atoms with Crippen molar-refractivity contribution in [3.05, 3.63) is 64.7 Å². The maximum atomic E-state index is 6.04. The van der Waals surface area contributed by atoms with Crippen LogP contribution in [0.4, 0.5) is 0 Å². The van der Waals surface area contributed by atoms with Crippen molar-refractivity contribution in [3.63, 3.8) is 0 Å². The Hall–Kier alpha value is -1.45. The largest absolute Gasteiger partial charge is 0.370 e. The van der Waals surface area contributed by atoms with Gasteiger partial charge in [-0.15, -0.1) is 11.8 Å². The van der Waals surface area contributed by atoms with Crippen molar-refractivity contribution in [1.82, 2.24) is 5.32 Å². The molecule has 2 nitrogen and oxygen atoms in total. The molecule has 2 aromatic carbocycles. The molecular formula is C17H17ClN2S. The predicted octanol–water partition coefficient (Wildman–Crippen LogP) is 4.37. The molecule has 0 amide bonds.